The Kier molecular flexibility index (Phi) is 7.77. The normalized spacial score (nSPS) is 15.0. The molecule has 19 heavy (non-hydrogen) atoms. The van der Waals surface area contributed by atoms with Crippen LogP contribution >= 0.6 is 92.8 Å². The quantitative estimate of drug-likeness (QED) is 0.313. The predicted molar refractivity (Wildman–Crippen MR) is 84.3 cm³/mol. The van der Waals surface area contributed by atoms with Crippen LogP contribution in [0.3, 0.4) is 0 Å². The van der Waals surface area contributed by atoms with Gasteiger partial charge in [-0.1, -0.05) is 87.8 Å². The standard InChI is InChI=1S/C9H8Cl8O2/c1-4(2)6(18)19-9(16,17)8(14,15)5(10)3-7(11,12)13/h5H,1,3H2,2H3. The van der Waals surface area contributed by atoms with Crippen molar-refractivity contribution in [3.63, 3.8) is 0 Å². The zero-order valence-electron chi connectivity index (χ0n) is 9.33. The van der Waals surface area contributed by atoms with E-state index in [1.54, 1.807) is 0 Å². The average Bonchev–Trinajstić information content (AvgIpc) is 2.13. The van der Waals surface area contributed by atoms with Gasteiger partial charge in [0.2, 0.25) is 4.33 Å². The van der Waals surface area contributed by atoms with Crippen molar-refractivity contribution < 1.29 is 9.53 Å². The molecule has 0 aromatic rings. The van der Waals surface area contributed by atoms with E-state index in [1.165, 1.54) is 6.92 Å². The smallest absolute Gasteiger partial charge is 0.335 e. The van der Waals surface area contributed by atoms with Crippen LogP contribution in [0.15, 0.2) is 12.2 Å². The monoisotopic (exact) mass is 428 g/mol. The van der Waals surface area contributed by atoms with Gasteiger partial charge in [-0.05, 0) is 6.92 Å². The SMILES string of the molecule is C=C(C)C(=O)OC(Cl)(Cl)C(Cl)(Cl)C(Cl)CC(Cl)(Cl)Cl. The van der Waals surface area contributed by atoms with Crippen molar-refractivity contribution in [1.82, 2.24) is 0 Å². The molecule has 112 valence electrons. The second-order valence-electron chi connectivity index (χ2n) is 3.60. The van der Waals surface area contributed by atoms with Crippen LogP contribution in [0.4, 0.5) is 0 Å². The fourth-order valence-electron chi connectivity index (χ4n) is 0.785. The predicted octanol–water partition coefficient (Wildman–Crippen LogP) is 5.78. The van der Waals surface area contributed by atoms with Crippen LogP contribution in [0.5, 0.6) is 0 Å². The van der Waals surface area contributed by atoms with Gasteiger partial charge in [0.1, 0.15) is 0 Å². The molecule has 0 aliphatic rings. The van der Waals surface area contributed by atoms with Crippen LogP contribution in [0, 0.1) is 0 Å². The molecule has 2 nitrogen and oxygen atoms in total. The minimum Gasteiger partial charge on any atom is -0.422 e. The summed E-state index contributed by atoms with van der Waals surface area (Å²) >= 11 is 46.0. The van der Waals surface area contributed by atoms with Crippen LogP contribution in [0.2, 0.25) is 0 Å². The second-order valence-corrected chi connectivity index (χ2v) is 9.28. The van der Waals surface area contributed by atoms with Gasteiger partial charge in [0.15, 0.2) is 3.79 Å². The lowest BCUT2D eigenvalue weighted by atomic mass is 10.2. The Morgan fingerprint density at radius 1 is 1.16 bits per heavy atom. The summed E-state index contributed by atoms with van der Waals surface area (Å²) < 4.78 is -1.49. The molecule has 0 spiro atoms. The lowest BCUT2D eigenvalue weighted by Gasteiger charge is -2.36. The molecule has 0 fully saturated rings. The van der Waals surface area contributed by atoms with E-state index in [4.69, 9.17) is 97.5 Å². The molecular formula is C9H8Cl8O2. The zero-order chi connectivity index (χ0) is 15.6. The summed E-state index contributed by atoms with van der Waals surface area (Å²) in [5.41, 5.74) is 0.0438. The molecule has 0 radical (unpaired) electrons. The van der Waals surface area contributed by atoms with E-state index in [-0.39, 0.29) is 12.0 Å². The molecule has 0 N–H and O–H groups in total. The van der Waals surface area contributed by atoms with Gasteiger partial charge in [-0.3, -0.25) is 0 Å². The molecular weight excluding hydrogens is 424 g/mol. The minimum atomic E-state index is -2.35. The van der Waals surface area contributed by atoms with Crippen LogP contribution in [0.1, 0.15) is 13.3 Å². The first-order chi connectivity index (χ1) is 8.21. The van der Waals surface area contributed by atoms with Gasteiger partial charge in [-0.25, -0.2) is 4.79 Å². The largest absolute Gasteiger partial charge is 0.422 e. The molecule has 0 saturated carbocycles. The van der Waals surface area contributed by atoms with E-state index >= 15 is 0 Å². The molecule has 10 heteroatoms. The minimum absolute atomic E-state index is 0.0438. The van der Waals surface area contributed by atoms with Crippen LogP contribution in [-0.4, -0.2) is 24.0 Å². The molecule has 0 aliphatic heterocycles. The van der Waals surface area contributed by atoms with Gasteiger partial charge in [-0.2, -0.15) is 0 Å². The van der Waals surface area contributed by atoms with Crippen LogP contribution < -0.4 is 0 Å². The Bertz CT molecular complexity index is 360. The van der Waals surface area contributed by atoms with Crippen molar-refractivity contribution >= 4 is 98.8 Å². The van der Waals surface area contributed by atoms with E-state index in [0.29, 0.717) is 0 Å². The van der Waals surface area contributed by atoms with Crippen molar-refractivity contribution in [3.05, 3.63) is 12.2 Å². The van der Waals surface area contributed by atoms with E-state index in [9.17, 15) is 4.79 Å². The molecule has 1 atom stereocenters. The summed E-state index contributed by atoms with van der Waals surface area (Å²) in [4.78, 5) is 11.4. The summed E-state index contributed by atoms with van der Waals surface area (Å²) in [6, 6.07) is 0. The summed E-state index contributed by atoms with van der Waals surface area (Å²) in [5.74, 6) is -0.895. The maximum absolute atomic E-state index is 11.4. The van der Waals surface area contributed by atoms with Gasteiger partial charge in [0, 0.05) is 12.0 Å². The number of ether oxygens (including phenoxy) is 1. The third-order valence-electron chi connectivity index (χ3n) is 1.76. The Labute approximate surface area is 151 Å². The molecule has 0 aromatic carbocycles. The lowest BCUT2D eigenvalue weighted by Crippen LogP contribution is -2.48. The van der Waals surface area contributed by atoms with E-state index in [1.807, 2.05) is 0 Å². The third-order valence-corrected chi connectivity index (χ3v) is 5.13. The molecule has 0 rings (SSSR count). The number of halogens is 8. The molecule has 0 heterocycles. The highest BCUT2D eigenvalue weighted by atomic mass is 35.6. The first-order valence-corrected chi connectivity index (χ1v) is 7.64. The molecule has 0 aliphatic carbocycles. The van der Waals surface area contributed by atoms with Crippen molar-refractivity contribution in [2.24, 2.45) is 0 Å². The van der Waals surface area contributed by atoms with Gasteiger partial charge < -0.3 is 4.74 Å². The van der Waals surface area contributed by atoms with E-state index in [0.717, 1.165) is 0 Å². The summed E-state index contributed by atoms with van der Waals surface area (Å²) in [6.45, 7) is 4.74. The van der Waals surface area contributed by atoms with Crippen LogP contribution in [0.25, 0.3) is 0 Å². The lowest BCUT2D eigenvalue weighted by molar-refractivity contribution is -0.143. The first-order valence-electron chi connectivity index (χ1n) is 4.56. The van der Waals surface area contributed by atoms with Crippen LogP contribution in [-0.2, 0) is 9.53 Å². The molecule has 0 aromatic heterocycles. The highest BCUT2D eigenvalue weighted by molar-refractivity contribution is 6.68. The second kappa shape index (κ2) is 7.19. The third kappa shape index (κ3) is 6.44. The Balaban J connectivity index is 5.05. The summed E-state index contributed by atoms with van der Waals surface area (Å²) in [7, 11) is 0. The number of hydrogen-bond donors (Lipinski definition) is 0. The number of rotatable bonds is 5. The Hall–Kier alpha value is 1.53. The fraction of sp³-hybridized carbons (Fsp3) is 0.667. The fourth-order valence-corrected chi connectivity index (χ4v) is 2.62. The number of esters is 1. The van der Waals surface area contributed by atoms with E-state index in [2.05, 4.69) is 6.58 Å². The number of hydrogen-bond acceptors (Lipinski definition) is 2. The topological polar surface area (TPSA) is 26.3 Å². The number of carbonyl (C=O) groups excluding carboxylic acids is 1. The van der Waals surface area contributed by atoms with Crippen molar-refractivity contribution in [2.75, 3.05) is 0 Å². The molecule has 0 bridgehead atoms. The maximum Gasteiger partial charge on any atom is 0.335 e. The number of alkyl halides is 8. The Morgan fingerprint density at radius 3 is 1.89 bits per heavy atom. The molecule has 0 amide bonds. The van der Waals surface area contributed by atoms with Gasteiger partial charge >= 0.3 is 5.97 Å². The molecule has 1 unspecified atom stereocenters. The van der Waals surface area contributed by atoms with Crippen molar-refractivity contribution in [3.8, 4) is 0 Å². The zero-order valence-corrected chi connectivity index (χ0v) is 15.4. The maximum atomic E-state index is 11.4. The number of carbonyl (C=O) groups is 1. The van der Waals surface area contributed by atoms with Gasteiger partial charge in [0.05, 0.1) is 5.38 Å². The average molecular weight is 432 g/mol. The van der Waals surface area contributed by atoms with Crippen molar-refractivity contribution in [2.45, 2.75) is 31.4 Å². The highest BCUT2D eigenvalue weighted by Crippen LogP contribution is 2.51. The van der Waals surface area contributed by atoms with Gasteiger partial charge in [0.25, 0.3) is 4.52 Å². The van der Waals surface area contributed by atoms with Gasteiger partial charge in [-0.15, -0.1) is 11.6 Å². The van der Waals surface area contributed by atoms with E-state index < -0.39 is 24.0 Å². The first kappa shape index (κ1) is 20.5. The Morgan fingerprint density at radius 2 is 1.58 bits per heavy atom. The highest BCUT2D eigenvalue weighted by Gasteiger charge is 2.56. The summed E-state index contributed by atoms with van der Waals surface area (Å²) in [6.07, 6.45) is -0.280. The summed E-state index contributed by atoms with van der Waals surface area (Å²) in [5, 5.41) is -1.21. The van der Waals surface area contributed by atoms with Crippen molar-refractivity contribution in [1.29, 1.82) is 0 Å². The molecule has 0 saturated heterocycles.